The Morgan fingerprint density at radius 1 is 1.22 bits per heavy atom. The van der Waals surface area contributed by atoms with Crippen LogP contribution >= 0.6 is 0 Å². The zero-order valence-corrected chi connectivity index (χ0v) is 10.5. The Balaban J connectivity index is 2.09. The summed E-state index contributed by atoms with van der Waals surface area (Å²) in [6.45, 7) is 2.74. The Morgan fingerprint density at radius 3 is 2.56 bits per heavy atom. The lowest BCUT2D eigenvalue weighted by molar-refractivity contribution is -0.136. The number of carboxylic acid groups (broad SMARTS) is 1. The fourth-order valence-electron chi connectivity index (χ4n) is 2.04. The van der Waals surface area contributed by atoms with Crippen LogP contribution in [0.3, 0.4) is 0 Å². The zero-order chi connectivity index (χ0) is 13.0. The van der Waals surface area contributed by atoms with E-state index in [-0.39, 0.29) is 6.42 Å². The highest BCUT2D eigenvalue weighted by Gasteiger charge is 2.11. The molecular weight excluding hydrogens is 228 g/mol. The molecule has 1 aliphatic heterocycles. The minimum atomic E-state index is -0.781. The van der Waals surface area contributed by atoms with E-state index < -0.39 is 5.97 Å². The average Bonchev–Trinajstić information content (AvgIpc) is 2.34. The normalized spacial score (nSPS) is 14.9. The van der Waals surface area contributed by atoms with Crippen LogP contribution in [0.5, 0.6) is 0 Å². The summed E-state index contributed by atoms with van der Waals surface area (Å²) in [5, 5.41) is 8.90. The van der Waals surface area contributed by atoms with E-state index in [1.807, 2.05) is 37.5 Å². The first-order valence-corrected chi connectivity index (χ1v) is 6.06. The third-order valence-electron chi connectivity index (χ3n) is 3.11. The zero-order valence-electron chi connectivity index (χ0n) is 10.5. The molecule has 1 N–H and O–H groups in total. The first kappa shape index (κ1) is 12.5. The summed E-state index contributed by atoms with van der Waals surface area (Å²) in [6, 6.07) is 7.75. The van der Waals surface area contributed by atoms with Gasteiger partial charge >= 0.3 is 5.97 Å². The summed E-state index contributed by atoms with van der Waals surface area (Å²) in [5.41, 5.74) is 1.99. The highest BCUT2D eigenvalue weighted by molar-refractivity contribution is 5.70. The average molecular weight is 246 g/mol. The molecule has 0 amide bonds. The van der Waals surface area contributed by atoms with Crippen LogP contribution < -0.4 is 0 Å². The number of hydrogen-bond donors (Lipinski definition) is 1. The van der Waals surface area contributed by atoms with Gasteiger partial charge in [-0.05, 0) is 11.1 Å². The van der Waals surface area contributed by atoms with Gasteiger partial charge in [0, 0.05) is 39.1 Å². The van der Waals surface area contributed by atoms with E-state index in [9.17, 15) is 4.79 Å². The van der Waals surface area contributed by atoms with E-state index in [4.69, 9.17) is 5.11 Å². The smallest absolute Gasteiger partial charge is 0.307 e. The summed E-state index contributed by atoms with van der Waals surface area (Å²) in [4.78, 5) is 15.2. The Hall–Kier alpha value is -1.97. The van der Waals surface area contributed by atoms with Crippen molar-refractivity contribution in [2.45, 2.75) is 13.0 Å². The topological polar surface area (TPSA) is 43.8 Å². The summed E-state index contributed by atoms with van der Waals surface area (Å²) in [7, 11) is 2.05. The van der Waals surface area contributed by atoms with E-state index in [2.05, 4.69) is 16.0 Å². The second kappa shape index (κ2) is 5.58. The molecule has 4 nitrogen and oxygen atoms in total. The van der Waals surface area contributed by atoms with E-state index >= 15 is 0 Å². The van der Waals surface area contributed by atoms with Crippen LogP contribution in [0, 0.1) is 0 Å². The third kappa shape index (κ3) is 3.26. The van der Waals surface area contributed by atoms with E-state index in [1.165, 1.54) is 0 Å². The minimum absolute atomic E-state index is 0.0909. The van der Waals surface area contributed by atoms with Gasteiger partial charge in [-0.3, -0.25) is 4.79 Å². The molecule has 0 radical (unpaired) electrons. The molecule has 18 heavy (non-hydrogen) atoms. The van der Waals surface area contributed by atoms with Gasteiger partial charge in [0.2, 0.25) is 0 Å². The molecule has 0 aromatic heterocycles. The molecule has 0 fully saturated rings. The summed E-state index contributed by atoms with van der Waals surface area (Å²) in [5.74, 6) is -0.781. The number of carboxylic acids is 1. The molecular formula is C14H18N2O2. The monoisotopic (exact) mass is 246 g/mol. The fourth-order valence-corrected chi connectivity index (χ4v) is 2.04. The molecule has 0 atom stereocenters. The van der Waals surface area contributed by atoms with Crippen molar-refractivity contribution in [2.75, 3.05) is 20.1 Å². The van der Waals surface area contributed by atoms with Gasteiger partial charge in [0.15, 0.2) is 0 Å². The molecule has 0 unspecified atom stereocenters. The van der Waals surface area contributed by atoms with Crippen LogP contribution in [0.25, 0.3) is 0 Å². The Morgan fingerprint density at radius 2 is 1.94 bits per heavy atom. The van der Waals surface area contributed by atoms with Crippen LogP contribution in [0.4, 0.5) is 0 Å². The molecule has 0 saturated heterocycles. The van der Waals surface area contributed by atoms with E-state index in [1.54, 1.807) is 0 Å². The maximum Gasteiger partial charge on any atom is 0.307 e. The van der Waals surface area contributed by atoms with Crippen molar-refractivity contribution in [2.24, 2.45) is 0 Å². The maximum absolute atomic E-state index is 10.8. The molecule has 0 bridgehead atoms. The first-order valence-electron chi connectivity index (χ1n) is 6.06. The lowest BCUT2D eigenvalue weighted by Gasteiger charge is -2.29. The van der Waals surface area contributed by atoms with E-state index in [0.29, 0.717) is 0 Å². The molecule has 2 rings (SSSR count). The molecule has 0 aliphatic carbocycles. The largest absolute Gasteiger partial charge is 0.481 e. The standard InChI is InChI=1S/C14H18N2O2/c1-15-6-8-16(9-7-15)11-13-5-3-2-4-12(13)10-14(17)18/h2-6,8H,7,9-11H2,1H3,(H,17,18). The van der Waals surface area contributed by atoms with Crippen LogP contribution in [0.15, 0.2) is 36.7 Å². The Kier molecular flexibility index (Phi) is 3.87. The lowest BCUT2D eigenvalue weighted by Crippen LogP contribution is -2.32. The van der Waals surface area contributed by atoms with Crippen LogP contribution in [-0.2, 0) is 17.8 Å². The number of aliphatic carboxylic acids is 1. The Labute approximate surface area is 107 Å². The molecule has 4 heteroatoms. The van der Waals surface area contributed by atoms with Gasteiger partial charge in [-0.25, -0.2) is 0 Å². The van der Waals surface area contributed by atoms with E-state index in [0.717, 1.165) is 30.8 Å². The van der Waals surface area contributed by atoms with Gasteiger partial charge < -0.3 is 14.9 Å². The number of likely N-dealkylation sites (N-methyl/N-ethyl adjacent to an activating group) is 1. The fraction of sp³-hybridized carbons (Fsp3) is 0.357. The lowest BCUT2D eigenvalue weighted by atomic mass is 10.0. The van der Waals surface area contributed by atoms with Crippen molar-refractivity contribution in [1.29, 1.82) is 0 Å². The van der Waals surface area contributed by atoms with Crippen molar-refractivity contribution in [3.63, 3.8) is 0 Å². The highest BCUT2D eigenvalue weighted by atomic mass is 16.4. The molecule has 1 aliphatic rings. The highest BCUT2D eigenvalue weighted by Crippen LogP contribution is 2.14. The summed E-state index contributed by atoms with van der Waals surface area (Å²) < 4.78 is 0. The maximum atomic E-state index is 10.8. The van der Waals surface area contributed by atoms with Gasteiger partial charge in [-0.1, -0.05) is 24.3 Å². The Bertz CT molecular complexity index is 457. The molecule has 1 aromatic carbocycles. The van der Waals surface area contributed by atoms with Crippen LogP contribution in [0.2, 0.25) is 0 Å². The second-order valence-electron chi connectivity index (χ2n) is 4.59. The minimum Gasteiger partial charge on any atom is -0.481 e. The summed E-state index contributed by atoms with van der Waals surface area (Å²) >= 11 is 0. The van der Waals surface area contributed by atoms with Crippen LogP contribution in [0.1, 0.15) is 11.1 Å². The quantitative estimate of drug-likeness (QED) is 0.875. The van der Waals surface area contributed by atoms with Crippen molar-refractivity contribution in [1.82, 2.24) is 9.80 Å². The first-order chi connectivity index (χ1) is 8.65. The van der Waals surface area contributed by atoms with Gasteiger partial charge in [0.25, 0.3) is 0 Å². The molecule has 0 saturated carbocycles. The number of carbonyl (C=O) groups is 1. The van der Waals surface area contributed by atoms with Crippen molar-refractivity contribution in [3.05, 3.63) is 47.8 Å². The number of benzene rings is 1. The molecule has 0 spiro atoms. The number of hydrogen-bond acceptors (Lipinski definition) is 3. The van der Waals surface area contributed by atoms with Crippen molar-refractivity contribution in [3.8, 4) is 0 Å². The summed E-state index contributed by atoms with van der Waals surface area (Å²) in [6.07, 6.45) is 4.19. The predicted molar refractivity (Wildman–Crippen MR) is 70.0 cm³/mol. The molecule has 1 heterocycles. The molecule has 96 valence electrons. The number of nitrogens with zero attached hydrogens (tertiary/aromatic N) is 2. The molecule has 1 aromatic rings. The van der Waals surface area contributed by atoms with Crippen molar-refractivity contribution < 1.29 is 9.90 Å². The van der Waals surface area contributed by atoms with Crippen LogP contribution in [-0.4, -0.2) is 41.0 Å². The third-order valence-corrected chi connectivity index (χ3v) is 3.11. The second-order valence-corrected chi connectivity index (χ2v) is 4.59. The van der Waals surface area contributed by atoms with Gasteiger partial charge in [-0.2, -0.15) is 0 Å². The number of rotatable bonds is 4. The SMILES string of the molecule is CN1C=CN(Cc2ccccc2CC(=O)O)CC1. The predicted octanol–water partition coefficient (Wildman–Crippen LogP) is 1.53. The van der Waals surface area contributed by atoms with Gasteiger partial charge in [0.05, 0.1) is 6.42 Å². The van der Waals surface area contributed by atoms with Crippen molar-refractivity contribution >= 4 is 5.97 Å². The van der Waals surface area contributed by atoms with Gasteiger partial charge in [0.1, 0.15) is 0 Å². The van der Waals surface area contributed by atoms with Gasteiger partial charge in [-0.15, -0.1) is 0 Å².